The Kier molecular flexibility index (Phi) is 47.5. The lowest BCUT2D eigenvalue weighted by molar-refractivity contribution is -0.0328. The zero-order valence-electron chi connectivity index (χ0n) is 34.7. The van der Waals surface area contributed by atoms with Crippen LogP contribution in [0.15, 0.2) is 0 Å². The molecule has 0 aromatic heterocycles. The van der Waals surface area contributed by atoms with Crippen molar-refractivity contribution >= 4 is 15.9 Å². The minimum atomic E-state index is -3.50. The van der Waals surface area contributed by atoms with Gasteiger partial charge < -0.3 is 20.4 Å². The molecule has 0 heterocycles. The van der Waals surface area contributed by atoms with Crippen LogP contribution in [0, 0.1) is 5.41 Å². The van der Waals surface area contributed by atoms with Crippen LogP contribution in [0.25, 0.3) is 0 Å². The maximum Gasteiger partial charge on any atom is 0.403 e. The highest BCUT2D eigenvalue weighted by Crippen LogP contribution is 2.45. The Balaban J connectivity index is -0.000000768. The monoisotopic (exact) mass is 807 g/mol. The van der Waals surface area contributed by atoms with Crippen molar-refractivity contribution in [1.29, 1.82) is 0 Å². The number of aliphatic hydroxyl groups is 4. The van der Waals surface area contributed by atoms with E-state index in [2.05, 4.69) is 13.8 Å². The first-order valence-electron chi connectivity index (χ1n) is 21.9. The average Bonchev–Trinajstić information content (AvgIpc) is 3.12. The van der Waals surface area contributed by atoms with E-state index in [0.29, 0.717) is 0 Å². The third-order valence-electron chi connectivity index (χ3n) is 9.96. The van der Waals surface area contributed by atoms with Crippen LogP contribution in [-0.4, -0.2) is 88.5 Å². The number of hydrogen-bond acceptors (Lipinski definition) is 10. The fraction of sp³-hybridized carbons (Fsp3) is 1.00. The Morgan fingerprint density at radius 3 is 0.528 bits per heavy atom. The molecular formula is C41H92O10P2+2. The first-order valence-corrected chi connectivity index (χ1v) is 25.6. The molecule has 0 aliphatic rings. The fourth-order valence-corrected chi connectivity index (χ4v) is 7.34. The summed E-state index contributed by atoms with van der Waals surface area (Å²) in [7, 11) is -7.01. The van der Waals surface area contributed by atoms with Crippen LogP contribution in [0.2, 0.25) is 0 Å². The first-order chi connectivity index (χ1) is 25.4. The fourth-order valence-electron chi connectivity index (χ4n) is 6.04. The van der Waals surface area contributed by atoms with Gasteiger partial charge in [-0.3, -0.25) is 0 Å². The highest BCUT2D eigenvalue weighted by molar-refractivity contribution is 7.58. The summed E-state index contributed by atoms with van der Waals surface area (Å²) in [5, 5.41) is 34.0. The summed E-state index contributed by atoms with van der Waals surface area (Å²) in [5.41, 5.74) is -1.11. The summed E-state index contributed by atoms with van der Waals surface area (Å²) in [6.07, 6.45) is 42.0. The van der Waals surface area contributed by atoms with Gasteiger partial charge in [-0.2, -0.15) is 29.4 Å². The van der Waals surface area contributed by atoms with Gasteiger partial charge in [0.2, 0.25) is 0 Å². The molecule has 0 saturated heterocycles. The van der Waals surface area contributed by atoms with Crippen LogP contribution in [0.3, 0.4) is 0 Å². The Bertz CT molecular complexity index is 611. The molecule has 0 atom stereocenters. The normalized spacial score (nSPS) is 12.0. The van der Waals surface area contributed by atoms with E-state index in [1.807, 2.05) is 0 Å². The van der Waals surface area contributed by atoms with E-state index >= 15 is 0 Å². The highest BCUT2D eigenvalue weighted by Gasteiger charge is 2.28. The molecule has 0 aliphatic heterocycles. The van der Waals surface area contributed by atoms with Crippen molar-refractivity contribution in [1.82, 2.24) is 0 Å². The zero-order chi connectivity index (χ0) is 40.4. The smallest absolute Gasteiger partial charge is 0.396 e. The minimum Gasteiger partial charge on any atom is -0.396 e. The van der Waals surface area contributed by atoms with E-state index in [9.17, 15) is 0 Å². The van der Waals surface area contributed by atoms with Crippen molar-refractivity contribution < 1.29 is 49.8 Å². The van der Waals surface area contributed by atoms with E-state index in [1.165, 1.54) is 167 Å². The second-order valence-corrected chi connectivity index (χ2v) is 19.2. The van der Waals surface area contributed by atoms with Gasteiger partial charge in [0.25, 0.3) is 0 Å². The Morgan fingerprint density at radius 1 is 0.264 bits per heavy atom. The van der Waals surface area contributed by atoms with Gasteiger partial charge >= 0.3 is 15.9 Å². The van der Waals surface area contributed by atoms with Gasteiger partial charge in [0, 0.05) is 0 Å². The molecule has 324 valence electrons. The molecule has 0 spiro atoms. The van der Waals surface area contributed by atoms with Crippen molar-refractivity contribution in [3.05, 3.63) is 0 Å². The van der Waals surface area contributed by atoms with Crippen LogP contribution in [0.5, 0.6) is 0 Å². The van der Waals surface area contributed by atoms with Gasteiger partial charge in [-0.1, -0.05) is 194 Å². The second-order valence-electron chi connectivity index (χ2n) is 15.6. The molecule has 10 nitrogen and oxygen atoms in total. The zero-order valence-corrected chi connectivity index (χ0v) is 36.5. The van der Waals surface area contributed by atoms with Crippen molar-refractivity contribution in [2.75, 3.05) is 38.8 Å². The quantitative estimate of drug-likeness (QED) is 0.0211. The van der Waals surface area contributed by atoms with Crippen molar-refractivity contribution in [3.63, 3.8) is 0 Å². The number of rotatable bonds is 38. The van der Waals surface area contributed by atoms with E-state index in [-0.39, 0.29) is 12.3 Å². The minimum absolute atomic E-state index is 0.172. The third kappa shape index (κ3) is 52.5. The molecule has 0 saturated carbocycles. The van der Waals surface area contributed by atoms with Crippen molar-refractivity contribution in [2.24, 2.45) is 5.41 Å². The molecular weight excluding hydrogens is 714 g/mol. The van der Waals surface area contributed by atoms with E-state index in [0.717, 1.165) is 38.5 Å². The van der Waals surface area contributed by atoms with Gasteiger partial charge in [-0.15, -0.1) is 0 Å². The van der Waals surface area contributed by atoms with Crippen LogP contribution in [0.1, 0.15) is 219 Å². The summed E-state index contributed by atoms with van der Waals surface area (Å²) < 4.78 is 0. The molecule has 53 heavy (non-hydrogen) atoms. The Hall–Kier alpha value is 0.460. The lowest BCUT2D eigenvalue weighted by Crippen LogP contribution is -2.37. The number of unbranched alkanes of at least 4 members (excludes halogenated alkanes) is 30. The average molecular weight is 807 g/mol. The number of aliphatic hydroxyl groups excluding tert-OH is 4. The Morgan fingerprint density at radius 2 is 0.415 bits per heavy atom. The molecule has 12 heteroatoms. The van der Waals surface area contributed by atoms with Crippen molar-refractivity contribution in [2.45, 2.75) is 219 Å². The van der Waals surface area contributed by atoms with E-state index in [1.54, 1.807) is 0 Å². The standard InChI is InChI=1S/2C18H40O3P.C5H12O4/c2*1-2-3-4-5-6-7-8-9-10-11-12-13-14-15-16-17-18-22(19,20)21;6-1-5(2-7,3-8)4-9/h2*19-21H,2-18H2,1H3;6-9H,1-4H2/q2*+1;. The van der Waals surface area contributed by atoms with Gasteiger partial charge in [0.05, 0.1) is 31.8 Å². The number of hydrogen-bond donors (Lipinski definition) is 10. The topological polar surface area (TPSA) is 202 Å². The lowest BCUT2D eigenvalue weighted by atomic mass is 9.93. The maximum absolute atomic E-state index is 8.86. The molecule has 0 aromatic carbocycles. The molecule has 0 amide bonds. The van der Waals surface area contributed by atoms with E-state index in [4.69, 9.17) is 49.8 Å². The summed E-state index contributed by atoms with van der Waals surface area (Å²) in [5.74, 6) is 0. The van der Waals surface area contributed by atoms with Crippen LogP contribution >= 0.6 is 15.9 Å². The predicted molar refractivity (Wildman–Crippen MR) is 227 cm³/mol. The maximum atomic E-state index is 8.86. The predicted octanol–water partition coefficient (Wildman–Crippen LogP) is 9.92. The third-order valence-corrected chi connectivity index (χ3v) is 11.8. The second kappa shape index (κ2) is 43.6. The molecule has 0 radical (unpaired) electrons. The molecule has 0 fully saturated rings. The molecule has 0 aliphatic carbocycles. The SMILES string of the molecule is CCCCCCCCCCCCCCCCCC[P+](O)(O)O.CCCCCCCCCCCCCCCCCC[P+](O)(O)O.OCC(CO)(CO)CO. The largest absolute Gasteiger partial charge is 0.403 e. The highest BCUT2D eigenvalue weighted by atomic mass is 31.2. The first kappa shape index (κ1) is 57.8. The van der Waals surface area contributed by atoms with Gasteiger partial charge in [-0.05, 0) is 25.7 Å². The van der Waals surface area contributed by atoms with Gasteiger partial charge in [0.15, 0.2) is 0 Å². The lowest BCUT2D eigenvalue weighted by Gasteiger charge is -2.23. The van der Waals surface area contributed by atoms with Crippen molar-refractivity contribution in [3.8, 4) is 0 Å². The molecule has 0 rings (SSSR count). The van der Waals surface area contributed by atoms with Gasteiger partial charge in [0.1, 0.15) is 12.3 Å². The molecule has 0 bridgehead atoms. The molecule has 0 unspecified atom stereocenters. The Labute approximate surface area is 328 Å². The molecule has 10 N–H and O–H groups in total. The van der Waals surface area contributed by atoms with Gasteiger partial charge in [-0.25, -0.2) is 0 Å². The van der Waals surface area contributed by atoms with E-state index < -0.39 is 47.7 Å². The molecule has 0 aromatic rings. The summed E-state index contributed by atoms with van der Waals surface area (Å²) in [4.78, 5) is 53.1. The van der Waals surface area contributed by atoms with Crippen LogP contribution < -0.4 is 0 Å². The van der Waals surface area contributed by atoms with Crippen LogP contribution in [-0.2, 0) is 0 Å². The summed E-state index contributed by atoms with van der Waals surface area (Å²) >= 11 is 0. The summed E-state index contributed by atoms with van der Waals surface area (Å²) in [6, 6.07) is 0. The van der Waals surface area contributed by atoms with Crippen LogP contribution in [0.4, 0.5) is 0 Å². The summed E-state index contributed by atoms with van der Waals surface area (Å²) in [6.45, 7) is 2.91.